The summed E-state index contributed by atoms with van der Waals surface area (Å²) in [6.45, 7) is 2.69. The van der Waals surface area contributed by atoms with E-state index in [0.717, 1.165) is 23.6 Å². The summed E-state index contributed by atoms with van der Waals surface area (Å²) in [5, 5.41) is 0. The number of para-hydroxylation sites is 1. The minimum atomic E-state index is -3.95. The predicted octanol–water partition coefficient (Wildman–Crippen LogP) is 1.75. The lowest BCUT2D eigenvalue weighted by Gasteiger charge is -2.36. The third kappa shape index (κ3) is 5.10. The maximum Gasteiger partial charge on any atom is 0.270 e. The number of carbonyl (C=O) groups excluding carboxylic acids is 2. The van der Waals surface area contributed by atoms with Gasteiger partial charge in [-0.1, -0.05) is 12.1 Å². The first-order valence-corrected chi connectivity index (χ1v) is 12.9. The van der Waals surface area contributed by atoms with Crippen LogP contribution in [-0.2, 0) is 14.8 Å². The van der Waals surface area contributed by atoms with Gasteiger partial charge in [0.25, 0.3) is 5.91 Å². The van der Waals surface area contributed by atoms with Crippen molar-refractivity contribution in [3.63, 3.8) is 0 Å². The fraction of sp³-hybridized carbons (Fsp3) is 0.478. The van der Waals surface area contributed by atoms with Gasteiger partial charge in [-0.3, -0.25) is 9.59 Å². The van der Waals surface area contributed by atoms with Gasteiger partial charge in [-0.2, -0.15) is 4.31 Å². The van der Waals surface area contributed by atoms with E-state index < -0.39 is 10.0 Å². The van der Waals surface area contributed by atoms with Crippen LogP contribution in [0.15, 0.2) is 41.4 Å². The molecule has 2 aliphatic heterocycles. The fourth-order valence-corrected chi connectivity index (χ4v) is 5.49. The molecule has 0 atom stereocenters. The Hall–Kier alpha value is -2.92. The minimum absolute atomic E-state index is 0.0486. The second-order valence-electron chi connectivity index (χ2n) is 8.68. The lowest BCUT2D eigenvalue weighted by molar-refractivity contribution is -0.131. The topological polar surface area (TPSA) is 97.0 Å². The number of nitrogens with zero attached hydrogens (tertiary/aromatic N) is 4. The molecule has 3 heterocycles. The summed E-state index contributed by atoms with van der Waals surface area (Å²) >= 11 is 0. The third-order valence-corrected chi connectivity index (χ3v) is 8.20. The molecule has 2 amide bonds. The van der Waals surface area contributed by atoms with Crippen molar-refractivity contribution in [2.45, 2.75) is 24.2 Å². The van der Waals surface area contributed by atoms with Crippen LogP contribution in [0, 0.1) is 5.82 Å². The lowest BCUT2D eigenvalue weighted by Crippen LogP contribution is -2.51. The Labute approximate surface area is 199 Å². The summed E-state index contributed by atoms with van der Waals surface area (Å²) in [6, 6.07) is 7.84. The van der Waals surface area contributed by atoms with Crippen molar-refractivity contribution in [2.24, 2.45) is 0 Å². The molecular weight excluding hydrogens is 461 g/mol. The SMILES string of the molecule is CN(CC(=O)N1CCN(c2ccccc2F)CC1)S(=O)(=O)c1c[nH]c(C(=O)N2CCCCC2)c1. The standard InChI is InChI=1S/C23H30FN5O4S/c1-26(17-22(30)28-13-11-27(12-14-28)21-8-4-3-7-19(21)24)34(32,33)18-15-20(25-16-18)23(31)29-9-5-2-6-10-29/h3-4,7-8,15-16,25H,2,5-6,9-14,17H2,1H3. The zero-order valence-electron chi connectivity index (χ0n) is 19.2. The summed E-state index contributed by atoms with van der Waals surface area (Å²) in [5.41, 5.74) is 0.723. The Morgan fingerprint density at radius 3 is 2.35 bits per heavy atom. The van der Waals surface area contributed by atoms with Crippen LogP contribution in [0.5, 0.6) is 0 Å². The Morgan fingerprint density at radius 2 is 1.68 bits per heavy atom. The third-order valence-electron chi connectivity index (χ3n) is 6.42. The Balaban J connectivity index is 1.34. The minimum Gasteiger partial charge on any atom is -0.366 e. The predicted molar refractivity (Wildman–Crippen MR) is 126 cm³/mol. The molecule has 2 saturated heterocycles. The summed E-state index contributed by atoms with van der Waals surface area (Å²) in [5.74, 6) is -0.843. The van der Waals surface area contributed by atoms with Crippen molar-refractivity contribution < 1.29 is 22.4 Å². The number of aromatic nitrogens is 1. The second-order valence-corrected chi connectivity index (χ2v) is 10.7. The number of sulfonamides is 1. The van der Waals surface area contributed by atoms with E-state index in [1.165, 1.54) is 25.4 Å². The molecule has 34 heavy (non-hydrogen) atoms. The molecule has 2 aliphatic rings. The molecule has 1 N–H and O–H groups in total. The number of H-pyrrole nitrogens is 1. The van der Waals surface area contributed by atoms with E-state index in [9.17, 15) is 22.4 Å². The van der Waals surface area contributed by atoms with Crippen LogP contribution in [0.2, 0.25) is 0 Å². The monoisotopic (exact) mass is 491 g/mol. The summed E-state index contributed by atoms with van der Waals surface area (Å²) in [6.07, 6.45) is 4.26. The summed E-state index contributed by atoms with van der Waals surface area (Å²) < 4.78 is 41.0. The first-order valence-electron chi connectivity index (χ1n) is 11.5. The van der Waals surface area contributed by atoms with E-state index in [2.05, 4.69) is 4.98 Å². The number of piperidine rings is 1. The van der Waals surface area contributed by atoms with E-state index in [-0.39, 0.29) is 34.8 Å². The van der Waals surface area contributed by atoms with Crippen molar-refractivity contribution in [1.82, 2.24) is 19.1 Å². The molecule has 1 aromatic carbocycles. The van der Waals surface area contributed by atoms with Gasteiger partial charge in [-0.05, 0) is 37.5 Å². The van der Waals surface area contributed by atoms with Crippen LogP contribution in [0.25, 0.3) is 0 Å². The maximum atomic E-state index is 14.0. The number of likely N-dealkylation sites (N-methyl/N-ethyl adjacent to an activating group) is 1. The highest BCUT2D eigenvalue weighted by Gasteiger charge is 2.29. The van der Waals surface area contributed by atoms with Gasteiger partial charge in [0.1, 0.15) is 16.4 Å². The zero-order chi connectivity index (χ0) is 24.3. The maximum absolute atomic E-state index is 14.0. The molecule has 0 spiro atoms. The molecular formula is C23H30FN5O4S. The highest BCUT2D eigenvalue weighted by Crippen LogP contribution is 2.21. The molecule has 0 bridgehead atoms. The number of amides is 2. The second kappa shape index (κ2) is 10.1. The largest absolute Gasteiger partial charge is 0.366 e. The molecule has 1 aromatic heterocycles. The van der Waals surface area contributed by atoms with Crippen LogP contribution in [0.4, 0.5) is 10.1 Å². The molecule has 9 nitrogen and oxygen atoms in total. The number of carbonyl (C=O) groups is 2. The van der Waals surface area contributed by atoms with Gasteiger partial charge in [-0.25, -0.2) is 12.8 Å². The highest BCUT2D eigenvalue weighted by molar-refractivity contribution is 7.89. The number of rotatable bonds is 6. The summed E-state index contributed by atoms with van der Waals surface area (Å²) in [7, 11) is -2.60. The van der Waals surface area contributed by atoms with Crippen LogP contribution in [0.1, 0.15) is 29.8 Å². The number of anilines is 1. The van der Waals surface area contributed by atoms with Gasteiger partial charge in [0, 0.05) is 52.5 Å². The smallest absolute Gasteiger partial charge is 0.270 e. The van der Waals surface area contributed by atoms with Crippen LogP contribution in [-0.4, -0.2) is 92.2 Å². The quantitative estimate of drug-likeness (QED) is 0.664. The molecule has 2 fully saturated rings. The first-order chi connectivity index (χ1) is 16.3. The van der Waals surface area contributed by atoms with Crippen molar-refractivity contribution in [3.8, 4) is 0 Å². The van der Waals surface area contributed by atoms with E-state index in [4.69, 9.17) is 0 Å². The number of nitrogens with one attached hydrogen (secondary N) is 1. The van der Waals surface area contributed by atoms with Crippen LogP contribution >= 0.6 is 0 Å². The van der Waals surface area contributed by atoms with Crippen LogP contribution < -0.4 is 4.90 Å². The van der Waals surface area contributed by atoms with Crippen molar-refractivity contribution in [1.29, 1.82) is 0 Å². The number of hydrogen-bond donors (Lipinski definition) is 1. The van der Waals surface area contributed by atoms with E-state index >= 15 is 0 Å². The molecule has 0 saturated carbocycles. The van der Waals surface area contributed by atoms with E-state index in [1.54, 1.807) is 28.0 Å². The van der Waals surface area contributed by atoms with Crippen molar-refractivity contribution in [2.75, 3.05) is 57.8 Å². The number of benzene rings is 1. The molecule has 4 rings (SSSR count). The van der Waals surface area contributed by atoms with E-state index in [0.29, 0.717) is 45.0 Å². The molecule has 0 aliphatic carbocycles. The zero-order valence-corrected chi connectivity index (χ0v) is 20.1. The van der Waals surface area contributed by atoms with Gasteiger partial charge in [-0.15, -0.1) is 0 Å². The Bertz CT molecular complexity index is 1140. The fourth-order valence-electron chi connectivity index (χ4n) is 4.37. The molecule has 0 unspecified atom stereocenters. The average Bonchev–Trinajstić information content (AvgIpc) is 3.36. The van der Waals surface area contributed by atoms with Gasteiger partial charge in [0.2, 0.25) is 15.9 Å². The van der Waals surface area contributed by atoms with Gasteiger partial charge in [0.15, 0.2) is 0 Å². The normalized spacial score (nSPS) is 17.3. The first kappa shape index (κ1) is 24.2. The lowest BCUT2D eigenvalue weighted by atomic mass is 10.1. The van der Waals surface area contributed by atoms with Gasteiger partial charge in [0.05, 0.1) is 12.2 Å². The summed E-state index contributed by atoms with van der Waals surface area (Å²) in [4.78, 5) is 33.3. The number of halogens is 1. The Morgan fingerprint density at radius 1 is 1.00 bits per heavy atom. The number of aromatic amines is 1. The molecule has 2 aromatic rings. The van der Waals surface area contributed by atoms with Gasteiger partial charge >= 0.3 is 0 Å². The van der Waals surface area contributed by atoms with Crippen molar-refractivity contribution >= 4 is 27.5 Å². The molecule has 184 valence electrons. The van der Waals surface area contributed by atoms with Crippen molar-refractivity contribution in [3.05, 3.63) is 48.0 Å². The van der Waals surface area contributed by atoms with E-state index in [1.807, 2.05) is 4.90 Å². The molecule has 11 heteroatoms. The number of likely N-dealkylation sites (tertiary alicyclic amines) is 1. The number of hydrogen-bond acceptors (Lipinski definition) is 5. The molecule has 0 radical (unpaired) electrons. The average molecular weight is 492 g/mol. The van der Waals surface area contributed by atoms with Crippen LogP contribution in [0.3, 0.4) is 0 Å². The van der Waals surface area contributed by atoms with Gasteiger partial charge < -0.3 is 19.7 Å². The number of piperazine rings is 1. The highest BCUT2D eigenvalue weighted by atomic mass is 32.2. The Kier molecular flexibility index (Phi) is 7.22.